The molecule has 1 saturated heterocycles. The third kappa shape index (κ3) is 2.86. The molecule has 0 bridgehead atoms. The SMILES string of the molecule is Cc1noc([C@H]2CCCN(C(=O)[C@@H]3Cc4cc(Cl)ccc4O3)C2)n1. The van der Waals surface area contributed by atoms with Gasteiger partial charge in [0.1, 0.15) is 5.75 Å². The van der Waals surface area contributed by atoms with E-state index in [1.807, 2.05) is 17.0 Å². The number of carbonyl (C=O) groups is 1. The highest BCUT2D eigenvalue weighted by atomic mass is 35.5. The van der Waals surface area contributed by atoms with E-state index in [1.54, 1.807) is 13.0 Å². The number of aryl methyl sites for hydroxylation is 1. The molecular formula is C17H18ClN3O3. The molecule has 0 unspecified atom stereocenters. The molecule has 0 spiro atoms. The minimum Gasteiger partial charge on any atom is -0.480 e. The second kappa shape index (κ2) is 6.09. The molecule has 2 aliphatic rings. The van der Waals surface area contributed by atoms with Crippen molar-refractivity contribution in [2.24, 2.45) is 0 Å². The summed E-state index contributed by atoms with van der Waals surface area (Å²) in [5.41, 5.74) is 0.988. The molecule has 6 nitrogen and oxygen atoms in total. The van der Waals surface area contributed by atoms with E-state index < -0.39 is 6.10 Å². The van der Waals surface area contributed by atoms with Gasteiger partial charge in [-0.1, -0.05) is 16.8 Å². The number of carbonyl (C=O) groups excluding carboxylic acids is 1. The van der Waals surface area contributed by atoms with Gasteiger partial charge in [-0.05, 0) is 43.5 Å². The van der Waals surface area contributed by atoms with Gasteiger partial charge in [-0.3, -0.25) is 4.79 Å². The van der Waals surface area contributed by atoms with Crippen LogP contribution in [-0.4, -0.2) is 40.1 Å². The van der Waals surface area contributed by atoms with Gasteiger partial charge in [0.05, 0.1) is 5.92 Å². The van der Waals surface area contributed by atoms with Crippen molar-refractivity contribution in [3.63, 3.8) is 0 Å². The molecule has 0 radical (unpaired) electrons. The van der Waals surface area contributed by atoms with Crippen molar-refractivity contribution in [2.45, 2.75) is 38.2 Å². The van der Waals surface area contributed by atoms with Crippen molar-refractivity contribution in [3.8, 4) is 5.75 Å². The number of ether oxygens (including phenoxy) is 1. The Bertz CT molecular complexity index is 776. The smallest absolute Gasteiger partial charge is 0.264 e. The number of hydrogen-bond donors (Lipinski definition) is 0. The Kier molecular flexibility index (Phi) is 3.92. The lowest BCUT2D eigenvalue weighted by atomic mass is 9.97. The van der Waals surface area contributed by atoms with Crippen LogP contribution in [0.1, 0.15) is 36.0 Å². The second-order valence-electron chi connectivity index (χ2n) is 6.37. The number of nitrogens with zero attached hydrogens (tertiary/aromatic N) is 3. The number of fused-ring (bicyclic) bond motifs is 1. The molecule has 2 aromatic rings. The highest BCUT2D eigenvalue weighted by Crippen LogP contribution is 2.33. The second-order valence-corrected chi connectivity index (χ2v) is 6.80. The average molecular weight is 348 g/mol. The van der Waals surface area contributed by atoms with E-state index in [1.165, 1.54) is 0 Å². The fourth-order valence-corrected chi connectivity index (χ4v) is 3.61. The van der Waals surface area contributed by atoms with Crippen LogP contribution < -0.4 is 4.74 Å². The monoisotopic (exact) mass is 347 g/mol. The summed E-state index contributed by atoms with van der Waals surface area (Å²) < 4.78 is 11.1. The third-order valence-electron chi connectivity index (χ3n) is 4.60. The number of hydrogen-bond acceptors (Lipinski definition) is 5. The van der Waals surface area contributed by atoms with Gasteiger partial charge in [-0.15, -0.1) is 0 Å². The molecule has 126 valence electrons. The number of amides is 1. The number of aromatic nitrogens is 2. The zero-order valence-electron chi connectivity index (χ0n) is 13.4. The van der Waals surface area contributed by atoms with Crippen molar-refractivity contribution in [3.05, 3.63) is 40.5 Å². The largest absolute Gasteiger partial charge is 0.480 e. The molecule has 7 heteroatoms. The lowest BCUT2D eigenvalue weighted by Gasteiger charge is -2.32. The molecule has 2 atom stereocenters. The Labute approximate surface area is 144 Å². The van der Waals surface area contributed by atoms with Crippen LogP contribution in [0.5, 0.6) is 5.75 Å². The molecule has 1 aromatic carbocycles. The first-order valence-corrected chi connectivity index (χ1v) is 8.52. The summed E-state index contributed by atoms with van der Waals surface area (Å²) in [5, 5.41) is 4.51. The Hall–Kier alpha value is -2.08. The molecule has 3 heterocycles. The van der Waals surface area contributed by atoms with Crippen molar-refractivity contribution in [2.75, 3.05) is 13.1 Å². The van der Waals surface area contributed by atoms with E-state index in [9.17, 15) is 4.79 Å². The van der Waals surface area contributed by atoms with E-state index in [2.05, 4.69) is 10.1 Å². The third-order valence-corrected chi connectivity index (χ3v) is 4.83. The van der Waals surface area contributed by atoms with Crippen LogP contribution in [0.15, 0.2) is 22.7 Å². The normalized spacial score (nSPS) is 23.0. The lowest BCUT2D eigenvalue weighted by Crippen LogP contribution is -2.46. The summed E-state index contributed by atoms with van der Waals surface area (Å²) in [6, 6.07) is 5.47. The predicted molar refractivity (Wildman–Crippen MR) is 87.2 cm³/mol. The highest BCUT2D eigenvalue weighted by molar-refractivity contribution is 6.30. The maximum Gasteiger partial charge on any atom is 0.264 e. The maximum atomic E-state index is 12.8. The van der Waals surface area contributed by atoms with Crippen molar-refractivity contribution in [1.29, 1.82) is 0 Å². The molecule has 1 aromatic heterocycles. The molecule has 24 heavy (non-hydrogen) atoms. The van der Waals surface area contributed by atoms with E-state index in [-0.39, 0.29) is 11.8 Å². The quantitative estimate of drug-likeness (QED) is 0.835. The first-order chi connectivity index (χ1) is 11.6. The van der Waals surface area contributed by atoms with Gasteiger partial charge in [0.2, 0.25) is 5.89 Å². The van der Waals surface area contributed by atoms with Crippen LogP contribution in [0.25, 0.3) is 0 Å². The molecule has 1 fully saturated rings. The zero-order valence-corrected chi connectivity index (χ0v) is 14.1. The van der Waals surface area contributed by atoms with Gasteiger partial charge >= 0.3 is 0 Å². The summed E-state index contributed by atoms with van der Waals surface area (Å²) in [7, 11) is 0. The fraction of sp³-hybridized carbons (Fsp3) is 0.471. The van der Waals surface area contributed by atoms with Gasteiger partial charge in [0.25, 0.3) is 5.91 Å². The molecule has 0 N–H and O–H groups in total. The minimum atomic E-state index is -0.471. The summed E-state index contributed by atoms with van der Waals surface area (Å²) in [4.78, 5) is 19.0. The lowest BCUT2D eigenvalue weighted by molar-refractivity contribution is -0.139. The zero-order chi connectivity index (χ0) is 16.7. The highest BCUT2D eigenvalue weighted by Gasteiger charge is 2.36. The standard InChI is InChI=1S/C17H18ClN3O3/c1-10-19-16(24-20-10)11-3-2-6-21(9-11)17(22)15-8-12-7-13(18)4-5-14(12)23-15/h4-5,7,11,15H,2-3,6,8-9H2,1H3/t11-,15-/m0/s1. The molecular weight excluding hydrogens is 330 g/mol. The van der Waals surface area contributed by atoms with Gasteiger partial charge in [-0.25, -0.2) is 0 Å². The Morgan fingerprint density at radius 1 is 1.42 bits per heavy atom. The maximum absolute atomic E-state index is 12.8. The molecule has 1 amide bonds. The topological polar surface area (TPSA) is 68.5 Å². The molecule has 2 aliphatic heterocycles. The van der Waals surface area contributed by atoms with Crippen LogP contribution in [0.3, 0.4) is 0 Å². The van der Waals surface area contributed by atoms with E-state index in [0.29, 0.717) is 29.7 Å². The number of rotatable bonds is 2. The van der Waals surface area contributed by atoms with Gasteiger partial charge in [0.15, 0.2) is 11.9 Å². The summed E-state index contributed by atoms with van der Waals surface area (Å²) >= 11 is 6.01. The number of halogens is 1. The molecule has 0 saturated carbocycles. The van der Waals surface area contributed by atoms with Crippen LogP contribution in [-0.2, 0) is 11.2 Å². The van der Waals surface area contributed by atoms with Crippen LogP contribution in [0.4, 0.5) is 0 Å². The number of benzene rings is 1. The van der Waals surface area contributed by atoms with Crippen LogP contribution in [0, 0.1) is 6.92 Å². The number of likely N-dealkylation sites (tertiary alicyclic amines) is 1. The molecule has 4 rings (SSSR count). The predicted octanol–water partition coefficient (Wildman–Crippen LogP) is 2.74. The Morgan fingerprint density at radius 2 is 2.29 bits per heavy atom. The van der Waals surface area contributed by atoms with Gasteiger partial charge < -0.3 is 14.2 Å². The summed E-state index contributed by atoms with van der Waals surface area (Å²) in [6.45, 7) is 3.13. The average Bonchev–Trinajstić information content (AvgIpc) is 3.20. The van der Waals surface area contributed by atoms with E-state index >= 15 is 0 Å². The van der Waals surface area contributed by atoms with Crippen molar-refractivity contribution >= 4 is 17.5 Å². The van der Waals surface area contributed by atoms with E-state index in [4.69, 9.17) is 20.9 Å². The first kappa shape index (κ1) is 15.4. The van der Waals surface area contributed by atoms with Crippen LogP contribution >= 0.6 is 11.6 Å². The number of piperidine rings is 1. The Balaban J connectivity index is 1.45. The van der Waals surface area contributed by atoms with E-state index in [0.717, 1.165) is 30.7 Å². The van der Waals surface area contributed by atoms with Crippen LogP contribution in [0.2, 0.25) is 5.02 Å². The summed E-state index contributed by atoms with van der Waals surface area (Å²) in [6.07, 6.45) is 1.97. The Morgan fingerprint density at radius 3 is 3.08 bits per heavy atom. The van der Waals surface area contributed by atoms with Crippen molar-refractivity contribution in [1.82, 2.24) is 15.0 Å². The molecule has 0 aliphatic carbocycles. The fourth-order valence-electron chi connectivity index (χ4n) is 3.42. The van der Waals surface area contributed by atoms with Gasteiger partial charge in [0, 0.05) is 24.5 Å². The summed E-state index contributed by atoms with van der Waals surface area (Å²) in [5.74, 6) is 2.11. The minimum absolute atomic E-state index is 0.0169. The van der Waals surface area contributed by atoms with Gasteiger partial charge in [-0.2, -0.15) is 4.98 Å². The van der Waals surface area contributed by atoms with Crippen molar-refractivity contribution < 1.29 is 14.1 Å². The first-order valence-electron chi connectivity index (χ1n) is 8.14.